The van der Waals surface area contributed by atoms with Crippen LogP contribution in [0.25, 0.3) is 0 Å². The Morgan fingerprint density at radius 1 is 1.50 bits per heavy atom. The number of benzene rings is 1. The highest BCUT2D eigenvalue weighted by Crippen LogP contribution is 2.23. The first kappa shape index (κ1) is 15.0. The summed E-state index contributed by atoms with van der Waals surface area (Å²) in [5.41, 5.74) is 2.43. The van der Waals surface area contributed by atoms with E-state index in [0.717, 1.165) is 25.2 Å². The molecule has 1 saturated heterocycles. The second-order valence-corrected chi connectivity index (χ2v) is 6.30. The maximum absolute atomic E-state index is 11.0. The van der Waals surface area contributed by atoms with Crippen LogP contribution in [0, 0.1) is 6.92 Å². The van der Waals surface area contributed by atoms with Crippen LogP contribution in [0.3, 0.4) is 0 Å². The highest BCUT2D eigenvalue weighted by molar-refractivity contribution is 5.87. The van der Waals surface area contributed by atoms with Crippen LogP contribution in [-0.2, 0) is 11.3 Å². The molecular formula is C16H23NO3. The number of carbonyl (C=O) groups is 1. The van der Waals surface area contributed by atoms with Gasteiger partial charge in [-0.1, -0.05) is 6.07 Å². The third-order valence-corrected chi connectivity index (χ3v) is 3.62. The Kier molecular flexibility index (Phi) is 4.16. The monoisotopic (exact) mass is 277 g/mol. The van der Waals surface area contributed by atoms with Gasteiger partial charge in [-0.25, -0.2) is 4.79 Å². The van der Waals surface area contributed by atoms with Gasteiger partial charge in [0.05, 0.1) is 17.3 Å². The number of rotatable bonds is 3. The summed E-state index contributed by atoms with van der Waals surface area (Å²) in [4.78, 5) is 13.3. The van der Waals surface area contributed by atoms with Gasteiger partial charge in [0.2, 0.25) is 0 Å². The molecular weight excluding hydrogens is 254 g/mol. The zero-order chi connectivity index (χ0) is 14.9. The molecule has 0 amide bonds. The van der Waals surface area contributed by atoms with E-state index in [1.807, 2.05) is 13.0 Å². The second-order valence-electron chi connectivity index (χ2n) is 6.30. The average molecular weight is 277 g/mol. The molecule has 1 aromatic rings. The molecule has 1 heterocycles. The summed E-state index contributed by atoms with van der Waals surface area (Å²) in [7, 11) is 0. The summed E-state index contributed by atoms with van der Waals surface area (Å²) in [6, 6.07) is 5.35. The highest BCUT2D eigenvalue weighted by atomic mass is 16.5. The van der Waals surface area contributed by atoms with Crippen LogP contribution in [0.5, 0.6) is 0 Å². The normalized spacial score (nSPS) is 22.7. The van der Waals surface area contributed by atoms with E-state index in [1.165, 1.54) is 5.56 Å². The van der Waals surface area contributed by atoms with Gasteiger partial charge >= 0.3 is 5.97 Å². The van der Waals surface area contributed by atoms with Gasteiger partial charge in [0.25, 0.3) is 0 Å². The minimum Gasteiger partial charge on any atom is -0.478 e. The predicted molar refractivity (Wildman–Crippen MR) is 78.0 cm³/mol. The molecule has 20 heavy (non-hydrogen) atoms. The number of nitrogens with zero attached hydrogens (tertiary/aromatic N) is 1. The van der Waals surface area contributed by atoms with Gasteiger partial charge in [0.15, 0.2) is 0 Å². The molecule has 0 radical (unpaired) electrons. The summed E-state index contributed by atoms with van der Waals surface area (Å²) >= 11 is 0. The van der Waals surface area contributed by atoms with Crippen molar-refractivity contribution in [2.24, 2.45) is 0 Å². The van der Waals surface area contributed by atoms with E-state index in [9.17, 15) is 4.79 Å². The minimum absolute atomic E-state index is 0.132. The SMILES string of the molecule is Cc1cc(C(=O)O)ccc1CN1CC(C)OC(C)(C)C1. The van der Waals surface area contributed by atoms with Crippen molar-refractivity contribution in [2.75, 3.05) is 13.1 Å². The third-order valence-electron chi connectivity index (χ3n) is 3.62. The molecule has 0 saturated carbocycles. The van der Waals surface area contributed by atoms with Gasteiger partial charge < -0.3 is 9.84 Å². The van der Waals surface area contributed by atoms with Gasteiger partial charge in [-0.05, 0) is 51.0 Å². The van der Waals surface area contributed by atoms with Gasteiger partial charge in [0, 0.05) is 19.6 Å². The van der Waals surface area contributed by atoms with Crippen LogP contribution in [-0.4, -0.2) is 40.8 Å². The number of aryl methyl sites for hydroxylation is 1. The maximum atomic E-state index is 11.0. The Morgan fingerprint density at radius 3 is 2.75 bits per heavy atom. The number of ether oxygens (including phenoxy) is 1. The van der Waals surface area contributed by atoms with Crippen LogP contribution >= 0.6 is 0 Å². The summed E-state index contributed by atoms with van der Waals surface area (Å²) in [6.45, 7) is 10.9. The number of carboxylic acids is 1. The van der Waals surface area contributed by atoms with Gasteiger partial charge in [-0.15, -0.1) is 0 Å². The van der Waals surface area contributed by atoms with Crippen LogP contribution in [0.4, 0.5) is 0 Å². The lowest BCUT2D eigenvalue weighted by Crippen LogP contribution is -2.51. The minimum atomic E-state index is -0.874. The fourth-order valence-corrected chi connectivity index (χ4v) is 2.95. The van der Waals surface area contributed by atoms with E-state index in [-0.39, 0.29) is 11.7 Å². The lowest BCUT2D eigenvalue weighted by molar-refractivity contribution is -0.130. The molecule has 0 aromatic heterocycles. The van der Waals surface area contributed by atoms with Gasteiger partial charge in [-0.3, -0.25) is 4.90 Å². The lowest BCUT2D eigenvalue weighted by atomic mass is 10.0. The number of hydrogen-bond acceptors (Lipinski definition) is 3. The molecule has 0 spiro atoms. The molecule has 4 heteroatoms. The topological polar surface area (TPSA) is 49.8 Å². The Morgan fingerprint density at radius 2 is 2.20 bits per heavy atom. The molecule has 1 N–H and O–H groups in total. The Bertz CT molecular complexity index is 510. The number of aromatic carboxylic acids is 1. The number of morpholine rings is 1. The van der Waals surface area contributed by atoms with Crippen LogP contribution in [0.15, 0.2) is 18.2 Å². The molecule has 0 bridgehead atoms. The molecule has 1 aliphatic heterocycles. The molecule has 1 aromatic carbocycles. The van der Waals surface area contributed by atoms with Crippen molar-refractivity contribution in [3.05, 3.63) is 34.9 Å². The van der Waals surface area contributed by atoms with E-state index in [2.05, 4.69) is 25.7 Å². The van der Waals surface area contributed by atoms with E-state index >= 15 is 0 Å². The van der Waals surface area contributed by atoms with Crippen LogP contribution < -0.4 is 0 Å². The molecule has 1 fully saturated rings. The molecule has 2 rings (SSSR count). The molecule has 110 valence electrons. The Balaban J connectivity index is 2.12. The second kappa shape index (κ2) is 5.54. The number of hydrogen-bond donors (Lipinski definition) is 1. The van der Waals surface area contributed by atoms with Crippen molar-refractivity contribution >= 4 is 5.97 Å². The molecule has 1 aliphatic rings. The standard InChI is InChI=1S/C16H23NO3/c1-11-7-13(15(18)19)5-6-14(11)9-17-8-12(2)20-16(3,4)10-17/h5-7,12H,8-10H2,1-4H3,(H,18,19). The van der Waals surface area contributed by atoms with Crippen molar-refractivity contribution in [1.29, 1.82) is 0 Å². The Hall–Kier alpha value is -1.39. The number of carboxylic acid groups (broad SMARTS) is 1. The summed E-state index contributed by atoms with van der Waals surface area (Å²) in [5, 5.41) is 9.00. The highest BCUT2D eigenvalue weighted by Gasteiger charge is 2.31. The summed E-state index contributed by atoms with van der Waals surface area (Å²) < 4.78 is 5.90. The smallest absolute Gasteiger partial charge is 0.335 e. The quantitative estimate of drug-likeness (QED) is 0.923. The van der Waals surface area contributed by atoms with Crippen molar-refractivity contribution in [1.82, 2.24) is 4.90 Å². The lowest BCUT2D eigenvalue weighted by Gasteiger charge is -2.42. The van der Waals surface area contributed by atoms with Gasteiger partial charge in [-0.2, -0.15) is 0 Å². The van der Waals surface area contributed by atoms with Crippen molar-refractivity contribution in [3.8, 4) is 0 Å². The van der Waals surface area contributed by atoms with E-state index in [4.69, 9.17) is 9.84 Å². The van der Waals surface area contributed by atoms with Crippen molar-refractivity contribution in [2.45, 2.75) is 45.9 Å². The fraction of sp³-hybridized carbons (Fsp3) is 0.562. The predicted octanol–water partition coefficient (Wildman–Crippen LogP) is 2.69. The zero-order valence-corrected chi connectivity index (χ0v) is 12.6. The third kappa shape index (κ3) is 3.58. The van der Waals surface area contributed by atoms with Crippen molar-refractivity contribution < 1.29 is 14.6 Å². The first-order valence-electron chi connectivity index (χ1n) is 7.00. The average Bonchev–Trinajstić information content (AvgIpc) is 2.28. The molecule has 4 nitrogen and oxygen atoms in total. The van der Waals surface area contributed by atoms with Crippen LogP contribution in [0.2, 0.25) is 0 Å². The van der Waals surface area contributed by atoms with E-state index in [1.54, 1.807) is 12.1 Å². The fourth-order valence-electron chi connectivity index (χ4n) is 2.95. The van der Waals surface area contributed by atoms with Gasteiger partial charge in [0.1, 0.15) is 0 Å². The zero-order valence-electron chi connectivity index (χ0n) is 12.6. The summed E-state index contributed by atoms with van der Waals surface area (Å²) in [5.74, 6) is -0.874. The first-order chi connectivity index (χ1) is 9.27. The van der Waals surface area contributed by atoms with E-state index < -0.39 is 5.97 Å². The first-order valence-corrected chi connectivity index (χ1v) is 7.00. The largest absolute Gasteiger partial charge is 0.478 e. The van der Waals surface area contributed by atoms with E-state index in [0.29, 0.717) is 5.56 Å². The summed E-state index contributed by atoms with van der Waals surface area (Å²) in [6.07, 6.45) is 0.220. The van der Waals surface area contributed by atoms with Crippen LogP contribution in [0.1, 0.15) is 42.3 Å². The molecule has 0 aliphatic carbocycles. The maximum Gasteiger partial charge on any atom is 0.335 e. The molecule has 1 unspecified atom stereocenters. The van der Waals surface area contributed by atoms with Crippen molar-refractivity contribution in [3.63, 3.8) is 0 Å². The molecule has 1 atom stereocenters. The Labute approximate surface area is 120 Å².